The average molecular weight is 191 g/mol. The zero-order valence-corrected chi connectivity index (χ0v) is 8.61. The molecule has 14 heavy (non-hydrogen) atoms. The van der Waals surface area contributed by atoms with Gasteiger partial charge in [0.15, 0.2) is 0 Å². The Balaban J connectivity index is 2.13. The Kier molecular flexibility index (Phi) is 2.57. The highest BCUT2D eigenvalue weighted by molar-refractivity contribution is 5.53. The fraction of sp³-hybridized carbons (Fsp3) is 0.545. The minimum absolute atomic E-state index is 0.679. The number of nitrogens with zero attached hydrogens (tertiary/aromatic N) is 2. The van der Waals surface area contributed by atoms with Crippen molar-refractivity contribution in [3.8, 4) is 0 Å². The molecular weight excluding hydrogens is 174 g/mol. The van der Waals surface area contributed by atoms with Crippen molar-refractivity contribution in [2.24, 2.45) is 0 Å². The molecule has 0 aromatic carbocycles. The molecule has 3 nitrogen and oxygen atoms in total. The molecular formula is C11H17N3. The minimum atomic E-state index is 0.679. The van der Waals surface area contributed by atoms with Crippen molar-refractivity contribution in [1.82, 2.24) is 4.98 Å². The van der Waals surface area contributed by atoms with Crippen molar-refractivity contribution < 1.29 is 0 Å². The molecule has 0 amide bonds. The van der Waals surface area contributed by atoms with E-state index in [9.17, 15) is 0 Å². The van der Waals surface area contributed by atoms with Gasteiger partial charge >= 0.3 is 0 Å². The molecule has 0 saturated heterocycles. The van der Waals surface area contributed by atoms with Gasteiger partial charge in [-0.25, -0.2) is 0 Å². The smallest absolute Gasteiger partial charge is 0.0573 e. The number of pyridine rings is 1. The van der Waals surface area contributed by atoms with Crippen LogP contribution in [0.25, 0.3) is 0 Å². The fourth-order valence-electron chi connectivity index (χ4n) is 2.14. The third-order valence-corrected chi connectivity index (χ3v) is 3.02. The molecule has 0 bridgehead atoms. The second-order valence-corrected chi connectivity index (χ2v) is 4.03. The maximum absolute atomic E-state index is 5.71. The number of aromatic nitrogens is 1. The largest absolute Gasteiger partial charge is 0.397 e. The molecule has 0 aliphatic heterocycles. The van der Waals surface area contributed by atoms with Crippen LogP contribution in [-0.2, 0) is 0 Å². The molecule has 0 radical (unpaired) electrons. The summed E-state index contributed by atoms with van der Waals surface area (Å²) in [6.45, 7) is 0. The number of rotatable bonds is 2. The average Bonchev–Trinajstić information content (AvgIpc) is 2.69. The molecule has 1 aromatic heterocycles. The number of nitrogen functional groups attached to an aromatic ring is 1. The molecule has 2 rings (SSSR count). The monoisotopic (exact) mass is 191 g/mol. The predicted octanol–water partition coefficient (Wildman–Crippen LogP) is 2.04. The first-order valence-corrected chi connectivity index (χ1v) is 5.21. The highest BCUT2D eigenvalue weighted by Gasteiger charge is 2.19. The maximum Gasteiger partial charge on any atom is 0.0573 e. The van der Waals surface area contributed by atoms with E-state index in [0.717, 1.165) is 11.4 Å². The van der Waals surface area contributed by atoms with Gasteiger partial charge in [-0.15, -0.1) is 0 Å². The third kappa shape index (κ3) is 1.81. The van der Waals surface area contributed by atoms with Crippen molar-refractivity contribution in [1.29, 1.82) is 0 Å². The van der Waals surface area contributed by atoms with Crippen LogP contribution in [0.1, 0.15) is 25.7 Å². The van der Waals surface area contributed by atoms with Gasteiger partial charge in [0.1, 0.15) is 0 Å². The van der Waals surface area contributed by atoms with E-state index in [4.69, 9.17) is 5.73 Å². The molecule has 1 aliphatic carbocycles. The van der Waals surface area contributed by atoms with Crippen molar-refractivity contribution in [2.75, 3.05) is 17.7 Å². The maximum atomic E-state index is 5.71. The van der Waals surface area contributed by atoms with Gasteiger partial charge in [0.25, 0.3) is 0 Å². The van der Waals surface area contributed by atoms with E-state index in [1.54, 1.807) is 6.20 Å². The number of hydrogen-bond donors (Lipinski definition) is 1. The van der Waals surface area contributed by atoms with Gasteiger partial charge in [0, 0.05) is 19.3 Å². The lowest BCUT2D eigenvalue weighted by molar-refractivity contribution is 0.652. The Morgan fingerprint density at radius 2 is 2.07 bits per heavy atom. The van der Waals surface area contributed by atoms with E-state index in [0.29, 0.717) is 6.04 Å². The molecule has 0 atom stereocenters. The van der Waals surface area contributed by atoms with Crippen molar-refractivity contribution in [3.63, 3.8) is 0 Å². The first-order valence-electron chi connectivity index (χ1n) is 5.21. The summed E-state index contributed by atoms with van der Waals surface area (Å²) in [5.41, 5.74) is 7.58. The van der Waals surface area contributed by atoms with Crippen LogP contribution in [0.2, 0.25) is 0 Å². The van der Waals surface area contributed by atoms with Crippen LogP contribution < -0.4 is 10.6 Å². The lowest BCUT2D eigenvalue weighted by atomic mass is 10.2. The molecule has 2 N–H and O–H groups in total. The highest BCUT2D eigenvalue weighted by atomic mass is 15.1. The molecule has 1 fully saturated rings. The quantitative estimate of drug-likeness (QED) is 0.777. The van der Waals surface area contributed by atoms with Crippen LogP contribution in [0.4, 0.5) is 11.4 Å². The van der Waals surface area contributed by atoms with Crippen LogP contribution in [0.15, 0.2) is 18.5 Å². The zero-order chi connectivity index (χ0) is 9.97. The molecule has 0 unspecified atom stereocenters. The van der Waals surface area contributed by atoms with E-state index >= 15 is 0 Å². The Morgan fingerprint density at radius 3 is 2.71 bits per heavy atom. The first kappa shape index (κ1) is 9.31. The Labute approximate surface area is 84.9 Å². The summed E-state index contributed by atoms with van der Waals surface area (Å²) in [5.74, 6) is 0. The Hall–Kier alpha value is -1.25. The van der Waals surface area contributed by atoms with Gasteiger partial charge in [-0.05, 0) is 18.9 Å². The molecule has 76 valence electrons. The Bertz CT molecular complexity index is 305. The molecule has 3 heteroatoms. The van der Waals surface area contributed by atoms with E-state index in [1.165, 1.54) is 25.7 Å². The minimum Gasteiger partial charge on any atom is -0.397 e. The van der Waals surface area contributed by atoms with Gasteiger partial charge < -0.3 is 10.6 Å². The topological polar surface area (TPSA) is 42.2 Å². The lowest BCUT2D eigenvalue weighted by Crippen LogP contribution is -2.28. The number of anilines is 2. The van der Waals surface area contributed by atoms with Gasteiger partial charge in [0.05, 0.1) is 17.6 Å². The highest BCUT2D eigenvalue weighted by Crippen LogP contribution is 2.26. The Morgan fingerprint density at radius 1 is 1.36 bits per heavy atom. The number of hydrogen-bond acceptors (Lipinski definition) is 3. The molecule has 1 saturated carbocycles. The summed E-state index contributed by atoms with van der Waals surface area (Å²) >= 11 is 0. The predicted molar refractivity (Wildman–Crippen MR) is 59.3 cm³/mol. The van der Waals surface area contributed by atoms with E-state index in [-0.39, 0.29) is 0 Å². The summed E-state index contributed by atoms with van der Waals surface area (Å²) in [4.78, 5) is 6.41. The van der Waals surface area contributed by atoms with E-state index in [2.05, 4.69) is 16.9 Å². The summed E-state index contributed by atoms with van der Waals surface area (Å²) in [6, 6.07) is 2.67. The second-order valence-electron chi connectivity index (χ2n) is 4.03. The first-order chi connectivity index (χ1) is 6.77. The summed E-state index contributed by atoms with van der Waals surface area (Å²) < 4.78 is 0. The zero-order valence-electron chi connectivity index (χ0n) is 8.61. The standard InChI is InChI=1S/C11H17N3/c1-14(10-4-2-3-5-10)11-6-9(12)7-13-8-11/h6-8,10H,2-5,12H2,1H3. The van der Waals surface area contributed by atoms with Crippen LogP contribution >= 0.6 is 0 Å². The molecule has 1 aliphatic rings. The van der Waals surface area contributed by atoms with Gasteiger partial charge in [-0.3, -0.25) is 4.98 Å². The van der Waals surface area contributed by atoms with Crippen LogP contribution in [0, 0.1) is 0 Å². The summed E-state index contributed by atoms with van der Waals surface area (Å²) in [6.07, 6.45) is 8.87. The third-order valence-electron chi connectivity index (χ3n) is 3.02. The molecule has 0 spiro atoms. The number of nitrogens with two attached hydrogens (primary N) is 1. The van der Waals surface area contributed by atoms with Gasteiger partial charge in [-0.1, -0.05) is 12.8 Å². The fourth-order valence-corrected chi connectivity index (χ4v) is 2.14. The van der Waals surface area contributed by atoms with Crippen molar-refractivity contribution in [2.45, 2.75) is 31.7 Å². The van der Waals surface area contributed by atoms with Crippen LogP contribution in [-0.4, -0.2) is 18.1 Å². The van der Waals surface area contributed by atoms with E-state index < -0.39 is 0 Å². The van der Waals surface area contributed by atoms with Crippen LogP contribution in [0.5, 0.6) is 0 Å². The van der Waals surface area contributed by atoms with Crippen molar-refractivity contribution >= 4 is 11.4 Å². The van der Waals surface area contributed by atoms with Crippen molar-refractivity contribution in [3.05, 3.63) is 18.5 Å². The second kappa shape index (κ2) is 3.86. The van der Waals surface area contributed by atoms with E-state index in [1.807, 2.05) is 12.3 Å². The molecule has 1 aromatic rings. The lowest BCUT2D eigenvalue weighted by Gasteiger charge is -2.26. The van der Waals surface area contributed by atoms with Gasteiger partial charge in [0.2, 0.25) is 0 Å². The van der Waals surface area contributed by atoms with Gasteiger partial charge in [-0.2, -0.15) is 0 Å². The normalized spacial score (nSPS) is 17.2. The molecule has 1 heterocycles. The summed E-state index contributed by atoms with van der Waals surface area (Å²) in [5, 5.41) is 0. The summed E-state index contributed by atoms with van der Waals surface area (Å²) in [7, 11) is 2.13. The SMILES string of the molecule is CN(c1cncc(N)c1)C1CCCC1. The van der Waals surface area contributed by atoms with Crippen LogP contribution in [0.3, 0.4) is 0 Å².